The highest BCUT2D eigenvalue weighted by Crippen LogP contribution is 2.22. The molecule has 1 fully saturated rings. The fourth-order valence-electron chi connectivity index (χ4n) is 1.90. The normalized spacial score (nSPS) is 15.3. The lowest BCUT2D eigenvalue weighted by atomic mass is 10.4. The highest BCUT2D eigenvalue weighted by Gasteiger charge is 2.15. The van der Waals surface area contributed by atoms with Crippen LogP contribution in [0.2, 0.25) is 5.15 Å². The number of halogens is 1. The minimum Gasteiger partial charge on any atom is -0.378 e. The standard InChI is InChI=1S/C13H19ClN4O2S/c1-9(2)15-12(19)8-21-13-16-10(14)7-11(17-13)18-3-5-20-6-4-18/h7,9H,3-6,8H2,1-2H3,(H,15,19). The van der Waals surface area contributed by atoms with Gasteiger partial charge in [-0.3, -0.25) is 4.79 Å². The number of amides is 1. The smallest absolute Gasteiger partial charge is 0.230 e. The summed E-state index contributed by atoms with van der Waals surface area (Å²) in [6.07, 6.45) is 0. The number of aromatic nitrogens is 2. The first kappa shape index (κ1) is 16.3. The maximum absolute atomic E-state index is 11.7. The molecule has 0 aromatic carbocycles. The van der Waals surface area contributed by atoms with E-state index in [0.717, 1.165) is 18.9 Å². The van der Waals surface area contributed by atoms with Gasteiger partial charge in [-0.25, -0.2) is 9.97 Å². The Morgan fingerprint density at radius 3 is 2.86 bits per heavy atom. The zero-order valence-corrected chi connectivity index (χ0v) is 13.7. The first-order chi connectivity index (χ1) is 10.0. The Balaban J connectivity index is 1.99. The highest BCUT2D eigenvalue weighted by atomic mass is 35.5. The van der Waals surface area contributed by atoms with Crippen molar-refractivity contribution in [3.05, 3.63) is 11.2 Å². The third kappa shape index (κ3) is 5.33. The van der Waals surface area contributed by atoms with Gasteiger partial charge in [-0.15, -0.1) is 0 Å². The molecule has 1 aliphatic heterocycles. The third-order valence-electron chi connectivity index (χ3n) is 2.78. The van der Waals surface area contributed by atoms with Crippen LogP contribution >= 0.6 is 23.4 Å². The Labute approximate surface area is 133 Å². The average molecular weight is 331 g/mol. The lowest BCUT2D eigenvalue weighted by Crippen LogP contribution is -2.36. The maximum atomic E-state index is 11.7. The van der Waals surface area contributed by atoms with Crippen molar-refractivity contribution < 1.29 is 9.53 Å². The molecule has 0 radical (unpaired) electrons. The van der Waals surface area contributed by atoms with Gasteiger partial charge in [-0.1, -0.05) is 23.4 Å². The molecular formula is C13H19ClN4O2S. The van der Waals surface area contributed by atoms with Gasteiger partial charge in [0.15, 0.2) is 5.16 Å². The van der Waals surface area contributed by atoms with E-state index in [1.807, 2.05) is 13.8 Å². The van der Waals surface area contributed by atoms with Crippen LogP contribution in [0.1, 0.15) is 13.8 Å². The molecule has 1 aliphatic rings. The maximum Gasteiger partial charge on any atom is 0.230 e. The van der Waals surface area contributed by atoms with Crippen molar-refractivity contribution in [1.29, 1.82) is 0 Å². The Kier molecular flexibility index (Phi) is 6.08. The fraction of sp³-hybridized carbons (Fsp3) is 0.615. The number of morpholine rings is 1. The molecule has 0 bridgehead atoms. The molecule has 1 amide bonds. The van der Waals surface area contributed by atoms with E-state index in [2.05, 4.69) is 20.2 Å². The third-order valence-corrected chi connectivity index (χ3v) is 3.82. The number of ether oxygens (including phenoxy) is 1. The molecule has 116 valence electrons. The minimum atomic E-state index is -0.0356. The zero-order valence-electron chi connectivity index (χ0n) is 12.1. The van der Waals surface area contributed by atoms with Crippen LogP contribution in [0.4, 0.5) is 5.82 Å². The molecule has 0 unspecified atom stereocenters. The second-order valence-corrected chi connectivity index (χ2v) is 6.27. The number of nitrogens with one attached hydrogen (secondary N) is 1. The van der Waals surface area contributed by atoms with Crippen LogP contribution in [0.15, 0.2) is 11.2 Å². The Morgan fingerprint density at radius 1 is 1.48 bits per heavy atom. The molecule has 0 spiro atoms. The van der Waals surface area contributed by atoms with Gasteiger partial charge in [0.05, 0.1) is 19.0 Å². The summed E-state index contributed by atoms with van der Waals surface area (Å²) in [5.41, 5.74) is 0. The van der Waals surface area contributed by atoms with Crippen molar-refractivity contribution in [2.75, 3.05) is 37.0 Å². The van der Waals surface area contributed by atoms with Gasteiger partial charge in [0.25, 0.3) is 0 Å². The Bertz CT molecular complexity index is 495. The van der Waals surface area contributed by atoms with Crippen LogP contribution in [0, 0.1) is 0 Å². The van der Waals surface area contributed by atoms with E-state index in [-0.39, 0.29) is 17.7 Å². The molecule has 0 saturated carbocycles. The molecule has 0 atom stereocenters. The molecule has 6 nitrogen and oxygen atoms in total. The van der Waals surface area contributed by atoms with Gasteiger partial charge in [-0.2, -0.15) is 0 Å². The molecule has 0 aliphatic carbocycles. The van der Waals surface area contributed by atoms with Crippen LogP contribution < -0.4 is 10.2 Å². The molecular weight excluding hydrogens is 312 g/mol. The van der Waals surface area contributed by atoms with Gasteiger partial charge < -0.3 is 15.0 Å². The van der Waals surface area contributed by atoms with E-state index < -0.39 is 0 Å². The summed E-state index contributed by atoms with van der Waals surface area (Å²) in [5.74, 6) is 1.03. The van der Waals surface area contributed by atoms with Crippen LogP contribution in [-0.2, 0) is 9.53 Å². The number of carbonyl (C=O) groups excluding carboxylic acids is 1. The lowest BCUT2D eigenvalue weighted by molar-refractivity contribution is -0.119. The summed E-state index contributed by atoms with van der Waals surface area (Å²) in [7, 11) is 0. The molecule has 1 N–H and O–H groups in total. The molecule has 21 heavy (non-hydrogen) atoms. The van der Waals surface area contributed by atoms with Crippen molar-refractivity contribution in [3.8, 4) is 0 Å². The predicted octanol–water partition coefficient (Wildman–Crippen LogP) is 1.58. The monoisotopic (exact) mass is 330 g/mol. The number of thioether (sulfide) groups is 1. The van der Waals surface area contributed by atoms with Gasteiger partial charge in [0.1, 0.15) is 11.0 Å². The molecule has 2 rings (SSSR count). The number of rotatable bonds is 5. The summed E-state index contributed by atoms with van der Waals surface area (Å²) in [4.78, 5) is 22.4. The largest absolute Gasteiger partial charge is 0.378 e. The summed E-state index contributed by atoms with van der Waals surface area (Å²) in [6, 6.07) is 1.87. The molecule has 8 heteroatoms. The second kappa shape index (κ2) is 7.82. The molecule has 1 aromatic heterocycles. The van der Waals surface area contributed by atoms with E-state index >= 15 is 0 Å². The van der Waals surface area contributed by atoms with Gasteiger partial charge in [-0.05, 0) is 13.8 Å². The summed E-state index contributed by atoms with van der Waals surface area (Å²) in [6.45, 7) is 6.78. The van der Waals surface area contributed by atoms with Crippen molar-refractivity contribution in [1.82, 2.24) is 15.3 Å². The zero-order chi connectivity index (χ0) is 15.2. The van der Waals surface area contributed by atoms with E-state index in [1.165, 1.54) is 11.8 Å². The number of carbonyl (C=O) groups is 1. The van der Waals surface area contributed by atoms with Crippen LogP contribution in [0.5, 0.6) is 0 Å². The van der Waals surface area contributed by atoms with E-state index in [4.69, 9.17) is 16.3 Å². The lowest BCUT2D eigenvalue weighted by Gasteiger charge is -2.27. The first-order valence-electron chi connectivity index (χ1n) is 6.84. The number of nitrogens with zero attached hydrogens (tertiary/aromatic N) is 3. The number of anilines is 1. The van der Waals surface area contributed by atoms with Crippen LogP contribution in [0.25, 0.3) is 0 Å². The Morgan fingerprint density at radius 2 is 2.19 bits per heavy atom. The quantitative estimate of drug-likeness (QED) is 0.502. The Hall–Kier alpha value is -1.05. The van der Waals surface area contributed by atoms with E-state index in [1.54, 1.807) is 6.07 Å². The average Bonchev–Trinajstić information content (AvgIpc) is 2.45. The fourth-order valence-corrected chi connectivity index (χ4v) is 2.79. The van der Waals surface area contributed by atoms with E-state index in [9.17, 15) is 4.79 Å². The van der Waals surface area contributed by atoms with Crippen molar-refractivity contribution in [3.63, 3.8) is 0 Å². The second-order valence-electron chi connectivity index (χ2n) is 4.94. The highest BCUT2D eigenvalue weighted by molar-refractivity contribution is 7.99. The molecule has 2 heterocycles. The van der Waals surface area contributed by atoms with E-state index in [0.29, 0.717) is 23.5 Å². The summed E-state index contributed by atoms with van der Waals surface area (Å²) >= 11 is 7.33. The van der Waals surface area contributed by atoms with Gasteiger partial charge in [0.2, 0.25) is 5.91 Å². The van der Waals surface area contributed by atoms with Crippen molar-refractivity contribution in [2.24, 2.45) is 0 Å². The van der Waals surface area contributed by atoms with Crippen LogP contribution in [0.3, 0.4) is 0 Å². The number of hydrogen-bond acceptors (Lipinski definition) is 6. The predicted molar refractivity (Wildman–Crippen MR) is 84.1 cm³/mol. The SMILES string of the molecule is CC(C)NC(=O)CSc1nc(Cl)cc(N2CCOCC2)n1. The molecule has 1 saturated heterocycles. The van der Waals surface area contributed by atoms with Gasteiger partial charge >= 0.3 is 0 Å². The van der Waals surface area contributed by atoms with Crippen molar-refractivity contribution >= 4 is 35.1 Å². The topological polar surface area (TPSA) is 67.4 Å². The van der Waals surface area contributed by atoms with Crippen LogP contribution in [-0.4, -0.2) is 54.0 Å². The van der Waals surface area contributed by atoms with Gasteiger partial charge in [0, 0.05) is 25.2 Å². The summed E-state index contributed by atoms with van der Waals surface area (Å²) in [5, 5.41) is 3.73. The van der Waals surface area contributed by atoms with Crippen molar-refractivity contribution in [2.45, 2.75) is 25.0 Å². The number of hydrogen-bond donors (Lipinski definition) is 1. The first-order valence-corrected chi connectivity index (χ1v) is 8.20. The minimum absolute atomic E-state index is 0.0356. The summed E-state index contributed by atoms with van der Waals surface area (Å²) < 4.78 is 5.32. The molecule has 1 aromatic rings.